The fourth-order valence-electron chi connectivity index (χ4n) is 2.38. The van der Waals surface area contributed by atoms with Crippen LogP contribution in [0.25, 0.3) is 0 Å². The molecule has 0 N–H and O–H groups in total. The lowest BCUT2D eigenvalue weighted by Gasteiger charge is -2.11. The Morgan fingerprint density at radius 2 is 2.11 bits per heavy atom. The Labute approximate surface area is 107 Å². The van der Waals surface area contributed by atoms with Crippen molar-refractivity contribution in [2.75, 3.05) is 6.26 Å². The first-order chi connectivity index (χ1) is 8.66. The standard InChI is InChI=1S/C13H13FN2OS/c1-18(17)13-8-12-10(14)7-11(16(12)15-13)9-5-3-2-4-6-9/h2-6,8,10-11H,7H2,1H3/t10-,11-,18-/m0/s1. The van der Waals surface area contributed by atoms with E-state index >= 15 is 0 Å². The quantitative estimate of drug-likeness (QED) is 0.835. The third-order valence-electron chi connectivity index (χ3n) is 3.27. The molecule has 1 aliphatic rings. The minimum atomic E-state index is -1.17. The van der Waals surface area contributed by atoms with E-state index in [1.807, 2.05) is 30.3 Å². The lowest BCUT2D eigenvalue weighted by atomic mass is 10.0. The van der Waals surface area contributed by atoms with Gasteiger partial charge in [-0.15, -0.1) is 0 Å². The molecule has 94 valence electrons. The van der Waals surface area contributed by atoms with Crippen molar-refractivity contribution in [2.45, 2.75) is 23.7 Å². The molecule has 0 aliphatic carbocycles. The van der Waals surface area contributed by atoms with Gasteiger partial charge in [0, 0.05) is 12.7 Å². The number of aromatic nitrogens is 2. The normalized spacial score (nSPS) is 23.9. The minimum absolute atomic E-state index is 0.0894. The lowest BCUT2D eigenvalue weighted by Crippen LogP contribution is -2.08. The SMILES string of the molecule is C[S@](=O)c1cc2n(n1)[C@H](c1ccccc1)C[C@@H]2F. The fourth-order valence-corrected chi connectivity index (χ4v) is 2.87. The molecular weight excluding hydrogens is 251 g/mol. The number of halogens is 1. The highest BCUT2D eigenvalue weighted by molar-refractivity contribution is 7.84. The van der Waals surface area contributed by atoms with Crippen molar-refractivity contribution in [3.05, 3.63) is 47.7 Å². The van der Waals surface area contributed by atoms with Gasteiger partial charge >= 0.3 is 0 Å². The van der Waals surface area contributed by atoms with E-state index in [0.717, 1.165) is 5.56 Å². The first-order valence-corrected chi connectivity index (χ1v) is 7.34. The Morgan fingerprint density at radius 3 is 2.78 bits per heavy atom. The summed E-state index contributed by atoms with van der Waals surface area (Å²) in [6.45, 7) is 0. The van der Waals surface area contributed by atoms with E-state index in [1.165, 1.54) is 0 Å². The zero-order chi connectivity index (χ0) is 12.7. The van der Waals surface area contributed by atoms with E-state index in [-0.39, 0.29) is 6.04 Å². The van der Waals surface area contributed by atoms with Gasteiger partial charge in [0.2, 0.25) is 0 Å². The number of nitrogens with zero attached hydrogens (tertiary/aromatic N) is 2. The highest BCUT2D eigenvalue weighted by Crippen LogP contribution is 2.40. The van der Waals surface area contributed by atoms with Crippen molar-refractivity contribution < 1.29 is 8.60 Å². The van der Waals surface area contributed by atoms with Crippen LogP contribution in [0.2, 0.25) is 0 Å². The highest BCUT2D eigenvalue weighted by atomic mass is 32.2. The largest absolute Gasteiger partial charge is 0.258 e. The van der Waals surface area contributed by atoms with Gasteiger partial charge in [-0.25, -0.2) is 4.39 Å². The van der Waals surface area contributed by atoms with Gasteiger partial charge in [-0.2, -0.15) is 5.10 Å². The molecule has 1 aromatic heterocycles. The Balaban J connectivity index is 2.05. The molecular formula is C13H13FN2OS. The summed E-state index contributed by atoms with van der Waals surface area (Å²) in [6, 6.07) is 11.3. The van der Waals surface area contributed by atoms with Crippen LogP contribution in [0.5, 0.6) is 0 Å². The van der Waals surface area contributed by atoms with E-state index < -0.39 is 17.0 Å². The van der Waals surface area contributed by atoms with Crippen LogP contribution < -0.4 is 0 Å². The van der Waals surface area contributed by atoms with E-state index in [2.05, 4.69) is 5.10 Å². The third-order valence-corrected chi connectivity index (χ3v) is 4.06. The Hall–Kier alpha value is -1.49. The fraction of sp³-hybridized carbons (Fsp3) is 0.308. The molecule has 18 heavy (non-hydrogen) atoms. The molecule has 0 saturated heterocycles. The maximum Gasteiger partial charge on any atom is 0.149 e. The molecule has 0 unspecified atom stereocenters. The van der Waals surface area contributed by atoms with Gasteiger partial charge in [0.15, 0.2) is 0 Å². The summed E-state index contributed by atoms with van der Waals surface area (Å²) < 4.78 is 27.1. The van der Waals surface area contributed by atoms with Gasteiger partial charge in [0.1, 0.15) is 11.2 Å². The number of hydrogen-bond donors (Lipinski definition) is 0. The maximum absolute atomic E-state index is 14.0. The van der Waals surface area contributed by atoms with Crippen LogP contribution in [0.1, 0.15) is 29.9 Å². The van der Waals surface area contributed by atoms with Crippen molar-refractivity contribution in [3.63, 3.8) is 0 Å². The Kier molecular flexibility index (Phi) is 2.78. The van der Waals surface area contributed by atoms with Gasteiger partial charge in [-0.1, -0.05) is 30.3 Å². The molecule has 3 atom stereocenters. The summed E-state index contributed by atoms with van der Waals surface area (Å²) in [6.07, 6.45) is 0.936. The van der Waals surface area contributed by atoms with Gasteiger partial charge in [-0.3, -0.25) is 8.89 Å². The maximum atomic E-state index is 14.0. The number of hydrogen-bond acceptors (Lipinski definition) is 2. The molecule has 5 heteroatoms. The first-order valence-electron chi connectivity index (χ1n) is 5.78. The Bertz CT molecular complexity index is 596. The molecule has 0 radical (unpaired) electrons. The van der Waals surface area contributed by atoms with Crippen molar-refractivity contribution in [1.82, 2.24) is 9.78 Å². The number of alkyl halides is 1. The van der Waals surface area contributed by atoms with Crippen molar-refractivity contribution >= 4 is 10.8 Å². The summed E-state index contributed by atoms with van der Waals surface area (Å²) >= 11 is 0. The molecule has 0 fully saturated rings. The van der Waals surface area contributed by atoms with Crippen LogP contribution in [-0.2, 0) is 10.8 Å². The van der Waals surface area contributed by atoms with E-state index in [1.54, 1.807) is 17.0 Å². The molecule has 1 aliphatic heterocycles. The zero-order valence-corrected chi connectivity index (χ0v) is 10.7. The molecule has 2 heterocycles. The monoisotopic (exact) mass is 264 g/mol. The van der Waals surface area contributed by atoms with Gasteiger partial charge in [0.25, 0.3) is 0 Å². The van der Waals surface area contributed by atoms with Crippen LogP contribution >= 0.6 is 0 Å². The molecule has 0 spiro atoms. The smallest absolute Gasteiger partial charge is 0.149 e. The van der Waals surface area contributed by atoms with Gasteiger partial charge in [0.05, 0.1) is 22.5 Å². The second kappa shape index (κ2) is 4.31. The molecule has 0 amide bonds. The summed E-state index contributed by atoms with van der Waals surface area (Å²) in [5.74, 6) is 0. The second-order valence-electron chi connectivity index (χ2n) is 4.44. The second-order valence-corrected chi connectivity index (χ2v) is 5.76. The molecule has 0 bridgehead atoms. The van der Waals surface area contributed by atoms with Gasteiger partial charge < -0.3 is 0 Å². The first kappa shape index (κ1) is 11.6. The number of rotatable bonds is 2. The third kappa shape index (κ3) is 1.79. The molecule has 1 aromatic carbocycles. The lowest BCUT2D eigenvalue weighted by molar-refractivity contribution is 0.333. The Morgan fingerprint density at radius 1 is 1.39 bits per heavy atom. The van der Waals surface area contributed by atoms with E-state index in [9.17, 15) is 8.60 Å². The van der Waals surface area contributed by atoms with Crippen molar-refractivity contribution in [2.24, 2.45) is 0 Å². The zero-order valence-electron chi connectivity index (χ0n) is 9.91. The van der Waals surface area contributed by atoms with Gasteiger partial charge in [-0.05, 0) is 11.6 Å². The van der Waals surface area contributed by atoms with Crippen molar-refractivity contribution in [3.8, 4) is 0 Å². The van der Waals surface area contributed by atoms with Crippen molar-refractivity contribution in [1.29, 1.82) is 0 Å². The summed E-state index contributed by atoms with van der Waals surface area (Å²) in [5.41, 5.74) is 1.57. The van der Waals surface area contributed by atoms with Crippen LogP contribution in [0.3, 0.4) is 0 Å². The molecule has 3 rings (SSSR count). The predicted molar refractivity (Wildman–Crippen MR) is 67.6 cm³/mol. The van der Waals surface area contributed by atoms with Crippen LogP contribution in [0, 0.1) is 0 Å². The highest BCUT2D eigenvalue weighted by Gasteiger charge is 2.34. The van der Waals surface area contributed by atoms with Crippen LogP contribution in [-0.4, -0.2) is 20.2 Å². The molecule has 3 nitrogen and oxygen atoms in total. The summed E-state index contributed by atoms with van der Waals surface area (Å²) in [5, 5.41) is 4.73. The summed E-state index contributed by atoms with van der Waals surface area (Å²) in [4.78, 5) is 0. The average molecular weight is 264 g/mol. The molecule has 0 saturated carbocycles. The topological polar surface area (TPSA) is 34.9 Å². The average Bonchev–Trinajstić information content (AvgIpc) is 2.92. The number of benzene rings is 1. The predicted octanol–water partition coefficient (Wildman–Crippen LogP) is 2.62. The minimum Gasteiger partial charge on any atom is -0.258 e. The molecule has 2 aromatic rings. The number of fused-ring (bicyclic) bond motifs is 1. The van der Waals surface area contributed by atoms with Crippen LogP contribution in [0.15, 0.2) is 41.4 Å². The van der Waals surface area contributed by atoms with Crippen LogP contribution in [0.4, 0.5) is 4.39 Å². The van der Waals surface area contributed by atoms with E-state index in [0.29, 0.717) is 17.1 Å². The summed E-state index contributed by atoms with van der Waals surface area (Å²) in [7, 11) is -1.17. The van der Waals surface area contributed by atoms with E-state index in [4.69, 9.17) is 0 Å².